The van der Waals surface area contributed by atoms with Crippen LogP contribution in [0.1, 0.15) is 15.9 Å². The number of carbonyl (C=O) groups is 1. The van der Waals surface area contributed by atoms with Crippen molar-refractivity contribution in [3.05, 3.63) is 53.6 Å². The molecule has 0 unspecified atom stereocenters. The molecule has 0 heterocycles. The molecule has 0 radical (unpaired) electrons. The molecule has 0 aliphatic heterocycles. The summed E-state index contributed by atoms with van der Waals surface area (Å²) in [6.45, 7) is -0.0570. The maximum absolute atomic E-state index is 12.1. The van der Waals surface area contributed by atoms with E-state index in [1.807, 2.05) is 0 Å². The lowest BCUT2D eigenvalue weighted by Crippen LogP contribution is -2.14. The molecule has 0 bridgehead atoms. The van der Waals surface area contributed by atoms with Crippen LogP contribution in [0.3, 0.4) is 0 Å². The van der Waals surface area contributed by atoms with Crippen LogP contribution in [0.2, 0.25) is 0 Å². The van der Waals surface area contributed by atoms with E-state index in [1.54, 1.807) is 18.2 Å². The van der Waals surface area contributed by atoms with E-state index in [4.69, 9.17) is 11.5 Å². The molecule has 0 atom stereocenters. The molecule has 2 aromatic rings. The first-order valence-electron chi connectivity index (χ1n) is 6.28. The smallest absolute Gasteiger partial charge is 0.294 e. The maximum atomic E-state index is 12.1. The lowest BCUT2D eigenvalue weighted by atomic mass is 10.1. The SMILES string of the molecule is NCc1ccc(NC(=O)c2cccc(N)c2)cc1S(=O)(=O)O. The second-order valence-electron chi connectivity index (χ2n) is 4.58. The number of nitrogen functional groups attached to an aromatic ring is 1. The minimum absolute atomic E-state index is 0.0570. The number of hydrogen-bond donors (Lipinski definition) is 4. The van der Waals surface area contributed by atoms with E-state index < -0.39 is 16.0 Å². The van der Waals surface area contributed by atoms with Crippen molar-refractivity contribution in [2.75, 3.05) is 11.1 Å². The van der Waals surface area contributed by atoms with Crippen LogP contribution in [0.4, 0.5) is 11.4 Å². The number of nitrogens with two attached hydrogens (primary N) is 2. The van der Waals surface area contributed by atoms with Gasteiger partial charge in [0.2, 0.25) is 0 Å². The van der Waals surface area contributed by atoms with E-state index in [-0.39, 0.29) is 22.7 Å². The van der Waals surface area contributed by atoms with Crippen LogP contribution in [0.15, 0.2) is 47.4 Å². The Hall–Kier alpha value is -2.42. The third kappa shape index (κ3) is 3.61. The highest BCUT2D eigenvalue weighted by molar-refractivity contribution is 7.85. The first kappa shape index (κ1) is 16.0. The van der Waals surface area contributed by atoms with Gasteiger partial charge in [-0.25, -0.2) is 0 Å². The molecule has 8 heteroatoms. The van der Waals surface area contributed by atoms with Gasteiger partial charge >= 0.3 is 0 Å². The number of anilines is 2. The summed E-state index contributed by atoms with van der Waals surface area (Å²) in [5.74, 6) is -0.450. The van der Waals surface area contributed by atoms with E-state index in [2.05, 4.69) is 5.32 Å². The predicted octanol–water partition coefficient (Wildman–Crippen LogP) is 1.23. The minimum atomic E-state index is -4.43. The zero-order chi connectivity index (χ0) is 16.3. The molecule has 1 amide bonds. The maximum Gasteiger partial charge on any atom is 0.294 e. The van der Waals surface area contributed by atoms with E-state index in [9.17, 15) is 17.8 Å². The van der Waals surface area contributed by atoms with Gasteiger partial charge in [0.15, 0.2) is 0 Å². The standard InChI is InChI=1S/C14H15N3O4S/c15-8-10-4-5-12(7-13(10)22(19,20)21)17-14(18)9-2-1-3-11(16)6-9/h1-7H,8,15-16H2,(H,17,18)(H,19,20,21). The summed E-state index contributed by atoms with van der Waals surface area (Å²) < 4.78 is 31.9. The van der Waals surface area contributed by atoms with Crippen LogP contribution < -0.4 is 16.8 Å². The van der Waals surface area contributed by atoms with Crippen molar-refractivity contribution >= 4 is 27.4 Å². The fraction of sp³-hybridized carbons (Fsp3) is 0.0714. The summed E-state index contributed by atoms with van der Waals surface area (Å²) in [4.78, 5) is 11.7. The quantitative estimate of drug-likeness (QED) is 0.494. The van der Waals surface area contributed by atoms with Crippen molar-refractivity contribution in [1.82, 2.24) is 0 Å². The zero-order valence-electron chi connectivity index (χ0n) is 11.5. The van der Waals surface area contributed by atoms with Gasteiger partial charge in [-0.15, -0.1) is 0 Å². The molecule has 0 fully saturated rings. The molecular weight excluding hydrogens is 306 g/mol. The normalized spacial score (nSPS) is 11.2. The van der Waals surface area contributed by atoms with Gasteiger partial charge in [0, 0.05) is 23.5 Å². The van der Waals surface area contributed by atoms with Gasteiger partial charge in [-0.1, -0.05) is 12.1 Å². The Morgan fingerprint density at radius 1 is 1.18 bits per heavy atom. The lowest BCUT2D eigenvalue weighted by molar-refractivity contribution is 0.102. The summed E-state index contributed by atoms with van der Waals surface area (Å²) in [5, 5.41) is 2.54. The molecule has 116 valence electrons. The molecule has 2 aromatic carbocycles. The van der Waals surface area contributed by atoms with Crippen LogP contribution in [-0.4, -0.2) is 18.9 Å². The first-order chi connectivity index (χ1) is 10.3. The number of rotatable bonds is 4. The molecule has 0 saturated carbocycles. The molecule has 0 saturated heterocycles. The van der Waals surface area contributed by atoms with Crippen molar-refractivity contribution in [3.8, 4) is 0 Å². The van der Waals surface area contributed by atoms with Crippen molar-refractivity contribution in [2.45, 2.75) is 11.4 Å². The van der Waals surface area contributed by atoms with Gasteiger partial charge in [-0.2, -0.15) is 8.42 Å². The van der Waals surface area contributed by atoms with Gasteiger partial charge in [-0.3, -0.25) is 9.35 Å². The van der Waals surface area contributed by atoms with E-state index >= 15 is 0 Å². The molecular formula is C14H15N3O4S. The van der Waals surface area contributed by atoms with Gasteiger partial charge in [0.25, 0.3) is 16.0 Å². The summed E-state index contributed by atoms with van der Waals surface area (Å²) in [5.41, 5.74) is 12.3. The van der Waals surface area contributed by atoms with E-state index in [0.717, 1.165) is 6.07 Å². The Bertz CT molecular complexity index is 819. The Morgan fingerprint density at radius 2 is 1.91 bits per heavy atom. The second-order valence-corrected chi connectivity index (χ2v) is 5.97. The average Bonchev–Trinajstić information content (AvgIpc) is 2.46. The molecule has 2 rings (SSSR count). The van der Waals surface area contributed by atoms with Crippen molar-refractivity contribution < 1.29 is 17.8 Å². The summed E-state index contributed by atoms with van der Waals surface area (Å²) >= 11 is 0. The Morgan fingerprint density at radius 3 is 2.50 bits per heavy atom. The van der Waals surface area contributed by atoms with E-state index in [0.29, 0.717) is 11.3 Å². The Balaban J connectivity index is 2.33. The number of amides is 1. The van der Waals surface area contributed by atoms with E-state index in [1.165, 1.54) is 18.2 Å². The van der Waals surface area contributed by atoms with Crippen LogP contribution in [0.5, 0.6) is 0 Å². The van der Waals surface area contributed by atoms with Crippen LogP contribution in [0, 0.1) is 0 Å². The van der Waals surface area contributed by atoms with Crippen molar-refractivity contribution in [3.63, 3.8) is 0 Å². The predicted molar refractivity (Wildman–Crippen MR) is 83.0 cm³/mol. The zero-order valence-corrected chi connectivity index (χ0v) is 12.3. The molecule has 0 aromatic heterocycles. The average molecular weight is 321 g/mol. The first-order valence-corrected chi connectivity index (χ1v) is 7.72. The molecule has 7 nitrogen and oxygen atoms in total. The van der Waals surface area contributed by atoms with Gasteiger partial charge in [0.05, 0.1) is 0 Å². The topological polar surface area (TPSA) is 136 Å². The number of benzene rings is 2. The number of nitrogens with one attached hydrogen (secondary N) is 1. The van der Waals surface area contributed by atoms with Crippen molar-refractivity contribution in [1.29, 1.82) is 0 Å². The minimum Gasteiger partial charge on any atom is -0.399 e. The summed E-state index contributed by atoms with van der Waals surface area (Å²) in [7, 11) is -4.43. The summed E-state index contributed by atoms with van der Waals surface area (Å²) in [6, 6.07) is 10.4. The largest absolute Gasteiger partial charge is 0.399 e. The number of carbonyl (C=O) groups excluding carboxylic acids is 1. The fourth-order valence-corrected chi connectivity index (χ4v) is 2.68. The molecule has 6 N–H and O–H groups in total. The van der Waals surface area contributed by atoms with Crippen LogP contribution in [-0.2, 0) is 16.7 Å². The lowest BCUT2D eigenvalue weighted by Gasteiger charge is -2.10. The van der Waals surface area contributed by atoms with Gasteiger partial charge < -0.3 is 16.8 Å². The fourth-order valence-electron chi connectivity index (χ4n) is 1.92. The Kier molecular flexibility index (Phi) is 4.45. The number of hydrogen-bond acceptors (Lipinski definition) is 5. The molecule has 0 aliphatic rings. The van der Waals surface area contributed by atoms with Gasteiger partial charge in [-0.05, 0) is 35.9 Å². The third-order valence-electron chi connectivity index (χ3n) is 2.97. The molecule has 0 spiro atoms. The highest BCUT2D eigenvalue weighted by Crippen LogP contribution is 2.21. The molecule has 0 aliphatic carbocycles. The molecule has 22 heavy (non-hydrogen) atoms. The highest BCUT2D eigenvalue weighted by Gasteiger charge is 2.16. The second kappa shape index (κ2) is 6.14. The Labute approximate surface area is 127 Å². The third-order valence-corrected chi connectivity index (χ3v) is 3.91. The highest BCUT2D eigenvalue weighted by atomic mass is 32.2. The van der Waals surface area contributed by atoms with Crippen LogP contribution in [0.25, 0.3) is 0 Å². The van der Waals surface area contributed by atoms with Gasteiger partial charge in [0.1, 0.15) is 4.90 Å². The summed E-state index contributed by atoms with van der Waals surface area (Å²) in [6.07, 6.45) is 0. The van der Waals surface area contributed by atoms with Crippen LogP contribution >= 0.6 is 0 Å². The van der Waals surface area contributed by atoms with Crippen molar-refractivity contribution in [2.24, 2.45) is 5.73 Å². The monoisotopic (exact) mass is 321 g/mol.